The van der Waals surface area contributed by atoms with Gasteiger partial charge >= 0.3 is 0 Å². The van der Waals surface area contributed by atoms with Crippen LogP contribution in [0.3, 0.4) is 0 Å². The zero-order valence-corrected chi connectivity index (χ0v) is 20.6. The van der Waals surface area contributed by atoms with E-state index in [0.29, 0.717) is 37.2 Å². The van der Waals surface area contributed by atoms with Gasteiger partial charge in [-0.3, -0.25) is 4.79 Å². The minimum atomic E-state index is -4.02. The number of para-hydroxylation sites is 1. The van der Waals surface area contributed by atoms with E-state index in [2.05, 4.69) is 30.5 Å². The number of carbonyl (C=O) groups is 1. The molecule has 180 valence electrons. The molecule has 1 N–H and O–H groups in total. The van der Waals surface area contributed by atoms with Gasteiger partial charge in [0.25, 0.3) is 0 Å². The molecule has 1 aliphatic rings. The van der Waals surface area contributed by atoms with E-state index >= 15 is 0 Å². The Kier molecular flexibility index (Phi) is 6.76. The van der Waals surface area contributed by atoms with Gasteiger partial charge in [-0.05, 0) is 36.2 Å². The predicted octanol–water partition coefficient (Wildman–Crippen LogP) is 2.93. The molecule has 10 heteroatoms. The summed E-state index contributed by atoms with van der Waals surface area (Å²) in [6.07, 6.45) is 0.253. The number of nitrogens with one attached hydrogen (secondary N) is 1. The number of hydrogen-bond acceptors (Lipinski definition) is 7. The van der Waals surface area contributed by atoms with Crippen molar-refractivity contribution in [3.63, 3.8) is 0 Å². The summed E-state index contributed by atoms with van der Waals surface area (Å²) in [5.74, 6) is -0.228. The molecule has 1 fully saturated rings. The van der Waals surface area contributed by atoms with E-state index in [1.54, 1.807) is 17.0 Å². The van der Waals surface area contributed by atoms with Crippen molar-refractivity contribution >= 4 is 44.4 Å². The van der Waals surface area contributed by atoms with E-state index in [1.165, 1.54) is 6.07 Å². The topological polar surface area (TPSA) is 95.5 Å². The fourth-order valence-electron chi connectivity index (χ4n) is 4.32. The maximum absolute atomic E-state index is 13.6. The number of amides is 1. The molecular weight excluding hydrogens is 482 g/mol. The lowest BCUT2D eigenvalue weighted by Gasteiger charge is -2.37. The molecule has 1 amide bonds. The van der Waals surface area contributed by atoms with Gasteiger partial charge in [0, 0.05) is 31.9 Å². The molecule has 0 spiro atoms. The van der Waals surface area contributed by atoms with Gasteiger partial charge in [-0.2, -0.15) is 13.5 Å². The molecule has 1 aliphatic heterocycles. The Morgan fingerprint density at radius 1 is 0.886 bits per heavy atom. The van der Waals surface area contributed by atoms with Gasteiger partial charge in [0.2, 0.25) is 15.9 Å². The highest BCUT2D eigenvalue weighted by Crippen LogP contribution is 2.22. The molecule has 2 heterocycles. The van der Waals surface area contributed by atoms with Gasteiger partial charge in [0.15, 0.2) is 0 Å². The molecule has 35 heavy (non-hydrogen) atoms. The molecule has 5 rings (SSSR count). The van der Waals surface area contributed by atoms with Crippen LogP contribution in [0.4, 0.5) is 5.69 Å². The number of benzene rings is 3. The normalized spacial score (nSPS) is 15.3. The summed E-state index contributed by atoms with van der Waals surface area (Å²) < 4.78 is 37.8. The highest BCUT2D eigenvalue weighted by atomic mass is 32.2. The van der Waals surface area contributed by atoms with E-state index in [9.17, 15) is 13.2 Å². The molecular formula is C25H25N5O3S2. The summed E-state index contributed by atoms with van der Waals surface area (Å²) in [5.41, 5.74) is 2.82. The maximum atomic E-state index is 13.6. The van der Waals surface area contributed by atoms with E-state index in [4.69, 9.17) is 0 Å². The van der Waals surface area contributed by atoms with E-state index in [0.717, 1.165) is 23.0 Å². The minimum Gasteiger partial charge on any atom is -0.368 e. The van der Waals surface area contributed by atoms with E-state index in [-0.39, 0.29) is 17.2 Å². The molecule has 1 atom stereocenters. The Morgan fingerprint density at radius 2 is 1.57 bits per heavy atom. The standard InChI is InChI=1S/C25H25N5O3S2/c31-25(30-16-14-29(15-17-30)20-10-5-2-6-11-20)22(18-19-8-3-1-4-9-19)28-35(32,33)23-13-7-12-21-24(23)27-34-26-21/h1-13,22,28H,14-18H2/t22-/m1/s1. The first-order valence-electron chi connectivity index (χ1n) is 11.4. The molecule has 0 unspecified atom stereocenters. The summed E-state index contributed by atoms with van der Waals surface area (Å²) in [6.45, 7) is 2.41. The smallest absolute Gasteiger partial charge is 0.243 e. The van der Waals surface area contributed by atoms with Gasteiger partial charge in [-0.25, -0.2) is 8.42 Å². The Bertz CT molecular complexity index is 1400. The summed E-state index contributed by atoms with van der Waals surface area (Å²) >= 11 is 0.960. The number of rotatable bonds is 7. The molecule has 8 nitrogen and oxygen atoms in total. The molecule has 3 aromatic carbocycles. The van der Waals surface area contributed by atoms with Crippen molar-refractivity contribution in [1.29, 1.82) is 0 Å². The van der Waals surface area contributed by atoms with Crippen molar-refractivity contribution in [2.45, 2.75) is 17.4 Å². The monoisotopic (exact) mass is 507 g/mol. The van der Waals surface area contributed by atoms with Gasteiger partial charge in [0.1, 0.15) is 22.0 Å². The lowest BCUT2D eigenvalue weighted by Crippen LogP contribution is -2.55. The van der Waals surface area contributed by atoms with Crippen molar-refractivity contribution in [3.05, 3.63) is 84.4 Å². The van der Waals surface area contributed by atoms with E-state index in [1.807, 2.05) is 48.5 Å². The largest absolute Gasteiger partial charge is 0.368 e. The van der Waals surface area contributed by atoms with E-state index < -0.39 is 16.1 Å². The van der Waals surface area contributed by atoms with Gasteiger partial charge in [-0.1, -0.05) is 54.6 Å². The fourth-order valence-corrected chi connectivity index (χ4v) is 6.28. The lowest BCUT2D eigenvalue weighted by atomic mass is 10.1. The van der Waals surface area contributed by atoms with Crippen LogP contribution < -0.4 is 9.62 Å². The first-order chi connectivity index (χ1) is 17.0. The van der Waals surface area contributed by atoms with Crippen molar-refractivity contribution in [1.82, 2.24) is 18.4 Å². The molecule has 0 saturated carbocycles. The van der Waals surface area contributed by atoms with Crippen LogP contribution in [0.15, 0.2) is 83.8 Å². The number of hydrogen-bond donors (Lipinski definition) is 1. The first-order valence-corrected chi connectivity index (χ1v) is 13.6. The number of sulfonamides is 1. The quantitative estimate of drug-likeness (QED) is 0.413. The van der Waals surface area contributed by atoms with Gasteiger partial charge in [0.05, 0.1) is 11.7 Å². The second kappa shape index (κ2) is 10.1. The van der Waals surface area contributed by atoms with Crippen LogP contribution in [0.25, 0.3) is 11.0 Å². The first kappa shape index (κ1) is 23.4. The minimum absolute atomic E-state index is 0.0310. The van der Waals surface area contributed by atoms with Crippen LogP contribution in [0.1, 0.15) is 5.56 Å². The highest BCUT2D eigenvalue weighted by Gasteiger charge is 2.32. The third-order valence-electron chi connectivity index (χ3n) is 6.13. The Labute approximate surface area is 208 Å². The number of fused-ring (bicyclic) bond motifs is 1. The number of anilines is 1. The third-order valence-corrected chi connectivity index (χ3v) is 8.18. The number of aromatic nitrogens is 2. The summed E-state index contributed by atoms with van der Waals surface area (Å²) in [5, 5.41) is 0. The van der Waals surface area contributed by atoms with Crippen molar-refractivity contribution < 1.29 is 13.2 Å². The SMILES string of the molecule is O=C([C@@H](Cc1ccccc1)NS(=O)(=O)c1cccc2nsnc12)N1CCN(c2ccccc2)CC1. The Morgan fingerprint density at radius 3 is 2.29 bits per heavy atom. The third kappa shape index (κ3) is 5.19. The summed E-state index contributed by atoms with van der Waals surface area (Å²) in [4.78, 5) is 17.6. The highest BCUT2D eigenvalue weighted by molar-refractivity contribution is 7.89. The number of piperazine rings is 1. The zero-order chi connectivity index (χ0) is 24.3. The van der Waals surface area contributed by atoms with Crippen LogP contribution >= 0.6 is 11.7 Å². The number of carbonyl (C=O) groups excluding carboxylic acids is 1. The van der Waals surface area contributed by atoms with Gasteiger partial charge < -0.3 is 9.80 Å². The number of nitrogens with zero attached hydrogens (tertiary/aromatic N) is 4. The Balaban J connectivity index is 1.37. The average Bonchev–Trinajstić information content (AvgIpc) is 3.38. The average molecular weight is 508 g/mol. The molecule has 1 aromatic heterocycles. The van der Waals surface area contributed by atoms with Crippen LogP contribution in [0.2, 0.25) is 0 Å². The molecule has 4 aromatic rings. The summed E-state index contributed by atoms with van der Waals surface area (Å²) in [6, 6.07) is 23.4. The fraction of sp³-hybridized carbons (Fsp3) is 0.240. The van der Waals surface area contributed by atoms with Gasteiger partial charge in [-0.15, -0.1) is 0 Å². The molecule has 0 radical (unpaired) electrons. The van der Waals surface area contributed by atoms with Crippen molar-refractivity contribution in [3.8, 4) is 0 Å². The summed E-state index contributed by atoms with van der Waals surface area (Å²) in [7, 11) is -4.02. The molecule has 0 aliphatic carbocycles. The van der Waals surface area contributed by atoms with Crippen molar-refractivity contribution in [2.24, 2.45) is 0 Å². The van der Waals surface area contributed by atoms with Crippen molar-refractivity contribution in [2.75, 3.05) is 31.1 Å². The van der Waals surface area contributed by atoms with Crippen LogP contribution in [-0.2, 0) is 21.2 Å². The second-order valence-electron chi connectivity index (χ2n) is 8.40. The molecule has 1 saturated heterocycles. The maximum Gasteiger partial charge on any atom is 0.243 e. The van der Waals surface area contributed by atoms with Crippen LogP contribution in [0, 0.1) is 0 Å². The van der Waals surface area contributed by atoms with Crippen LogP contribution in [0.5, 0.6) is 0 Å². The zero-order valence-electron chi connectivity index (χ0n) is 18.9. The lowest BCUT2D eigenvalue weighted by molar-refractivity contribution is -0.133. The Hall–Kier alpha value is -3.34. The second-order valence-corrected chi connectivity index (χ2v) is 10.6. The predicted molar refractivity (Wildman–Crippen MR) is 137 cm³/mol. The molecule has 0 bridgehead atoms. The van der Waals surface area contributed by atoms with Crippen LogP contribution in [-0.4, -0.2) is 60.2 Å².